The van der Waals surface area contributed by atoms with Crippen molar-refractivity contribution in [1.82, 2.24) is 20.1 Å². The smallest absolute Gasteiger partial charge is 0.209 e. The van der Waals surface area contributed by atoms with Gasteiger partial charge in [0.25, 0.3) is 0 Å². The highest BCUT2D eigenvalue weighted by molar-refractivity contribution is 5.73. The summed E-state index contributed by atoms with van der Waals surface area (Å²) in [7, 11) is 3.38. The molecule has 16 heavy (non-hydrogen) atoms. The molecule has 0 aliphatic heterocycles. The molecule has 0 saturated heterocycles. The second-order valence-corrected chi connectivity index (χ2v) is 3.04. The van der Waals surface area contributed by atoms with Crippen LogP contribution in [0, 0.1) is 0 Å². The van der Waals surface area contributed by atoms with E-state index < -0.39 is 0 Å². The lowest BCUT2D eigenvalue weighted by molar-refractivity contribution is -0.115. The van der Waals surface area contributed by atoms with E-state index in [1.165, 1.54) is 4.90 Å². The largest absolute Gasteiger partial charge is 0.412 e. The number of hydrogen-bond donors (Lipinski definition) is 1. The van der Waals surface area contributed by atoms with Gasteiger partial charge in [-0.1, -0.05) is 17.0 Å². The molecule has 0 radical (unpaired) electrons. The summed E-state index contributed by atoms with van der Waals surface area (Å²) in [6.45, 7) is 0. The third kappa shape index (κ3) is 3.54. The summed E-state index contributed by atoms with van der Waals surface area (Å²) in [6.07, 6.45) is 0.750. The number of para-hydroxylation sites is 1. The lowest BCUT2D eigenvalue weighted by atomic mass is 10.3. The molecule has 0 aliphatic rings. The fourth-order valence-corrected chi connectivity index (χ4v) is 0.857. The summed E-state index contributed by atoms with van der Waals surface area (Å²) in [5.74, 6) is 0. The molecule has 1 amide bonds. The first-order chi connectivity index (χ1) is 7.15. The SMILES string of the molecule is CN(C)C=O.O.On1nnc2ccccc21. The molecular weight excluding hydrogens is 212 g/mol. The summed E-state index contributed by atoms with van der Waals surface area (Å²) in [5.41, 5.74) is 1.33. The van der Waals surface area contributed by atoms with E-state index in [0.29, 0.717) is 11.0 Å². The number of hydrogen-bond acceptors (Lipinski definition) is 4. The van der Waals surface area contributed by atoms with E-state index in [1.54, 1.807) is 26.2 Å². The van der Waals surface area contributed by atoms with Crippen molar-refractivity contribution in [2.75, 3.05) is 14.1 Å². The summed E-state index contributed by atoms with van der Waals surface area (Å²) < 4.78 is 0. The van der Waals surface area contributed by atoms with Crippen LogP contribution < -0.4 is 0 Å². The second kappa shape index (κ2) is 6.36. The van der Waals surface area contributed by atoms with E-state index in [0.717, 1.165) is 11.3 Å². The van der Waals surface area contributed by atoms with Crippen molar-refractivity contribution < 1.29 is 15.5 Å². The molecule has 2 rings (SSSR count). The van der Waals surface area contributed by atoms with Gasteiger partial charge < -0.3 is 15.6 Å². The van der Waals surface area contributed by atoms with Gasteiger partial charge in [0.05, 0.1) is 0 Å². The van der Waals surface area contributed by atoms with Crippen molar-refractivity contribution in [3.8, 4) is 0 Å². The fraction of sp³-hybridized carbons (Fsp3) is 0.222. The molecule has 0 spiro atoms. The first kappa shape index (κ1) is 13.8. The van der Waals surface area contributed by atoms with Gasteiger partial charge in [0.2, 0.25) is 6.41 Å². The Morgan fingerprint density at radius 1 is 1.38 bits per heavy atom. The van der Waals surface area contributed by atoms with E-state index in [9.17, 15) is 4.79 Å². The zero-order valence-electron chi connectivity index (χ0n) is 9.03. The van der Waals surface area contributed by atoms with E-state index in [4.69, 9.17) is 5.21 Å². The van der Waals surface area contributed by atoms with Crippen LogP contribution in [0.1, 0.15) is 0 Å². The van der Waals surface area contributed by atoms with Crippen LogP contribution in [-0.2, 0) is 4.79 Å². The van der Waals surface area contributed by atoms with E-state index in [-0.39, 0.29) is 5.48 Å². The average molecular weight is 226 g/mol. The molecule has 0 fully saturated rings. The number of carbonyl (C=O) groups excluding carboxylic acids is 1. The Kier molecular flexibility index (Phi) is 5.50. The highest BCUT2D eigenvalue weighted by Crippen LogP contribution is 2.06. The first-order valence-corrected chi connectivity index (χ1v) is 4.26. The molecule has 0 aliphatic carbocycles. The van der Waals surface area contributed by atoms with Crippen LogP contribution in [0.2, 0.25) is 0 Å². The topological polar surface area (TPSA) is 103 Å². The minimum absolute atomic E-state index is 0. The minimum atomic E-state index is 0. The number of benzene rings is 1. The molecular formula is C9H14N4O3. The highest BCUT2D eigenvalue weighted by Gasteiger charge is 1.98. The normalized spacial score (nSPS) is 8.62. The van der Waals surface area contributed by atoms with Gasteiger partial charge in [-0.05, 0) is 17.3 Å². The number of rotatable bonds is 1. The Morgan fingerprint density at radius 2 is 1.94 bits per heavy atom. The Labute approximate surface area is 92.2 Å². The van der Waals surface area contributed by atoms with Crippen LogP contribution >= 0.6 is 0 Å². The summed E-state index contributed by atoms with van der Waals surface area (Å²) in [5, 5.41) is 16.1. The molecule has 3 N–H and O–H groups in total. The van der Waals surface area contributed by atoms with Gasteiger partial charge in [-0.2, -0.15) is 0 Å². The lowest BCUT2D eigenvalue weighted by Crippen LogP contribution is -2.06. The summed E-state index contributed by atoms with van der Waals surface area (Å²) in [4.78, 5) is 11.6. The average Bonchev–Trinajstić information content (AvgIpc) is 2.62. The molecule has 7 heteroatoms. The number of amides is 1. The monoisotopic (exact) mass is 226 g/mol. The van der Waals surface area contributed by atoms with Crippen LogP contribution in [0.4, 0.5) is 0 Å². The lowest BCUT2D eigenvalue weighted by Gasteiger charge is -1.93. The molecule has 1 heterocycles. The maximum absolute atomic E-state index is 9.43. The summed E-state index contributed by atoms with van der Waals surface area (Å²) >= 11 is 0. The molecule has 7 nitrogen and oxygen atoms in total. The van der Waals surface area contributed by atoms with Crippen molar-refractivity contribution in [2.24, 2.45) is 0 Å². The molecule has 0 saturated carbocycles. The molecule has 2 aromatic rings. The number of aromatic nitrogens is 3. The van der Waals surface area contributed by atoms with Gasteiger partial charge >= 0.3 is 0 Å². The zero-order valence-corrected chi connectivity index (χ0v) is 9.03. The van der Waals surface area contributed by atoms with Gasteiger partial charge in [0, 0.05) is 14.1 Å². The van der Waals surface area contributed by atoms with E-state index in [2.05, 4.69) is 10.3 Å². The van der Waals surface area contributed by atoms with Gasteiger partial charge in [0.1, 0.15) is 11.0 Å². The molecule has 1 aromatic carbocycles. The van der Waals surface area contributed by atoms with Crippen molar-refractivity contribution in [3.05, 3.63) is 24.3 Å². The highest BCUT2D eigenvalue weighted by atomic mass is 16.5. The molecule has 88 valence electrons. The third-order valence-corrected chi connectivity index (χ3v) is 1.55. The van der Waals surface area contributed by atoms with Crippen molar-refractivity contribution in [2.45, 2.75) is 0 Å². The minimum Gasteiger partial charge on any atom is -0.412 e. The Bertz CT molecular complexity index is 441. The zero-order chi connectivity index (χ0) is 11.3. The van der Waals surface area contributed by atoms with Gasteiger partial charge in [0.15, 0.2) is 0 Å². The predicted molar refractivity (Wildman–Crippen MR) is 58.1 cm³/mol. The Hall–Kier alpha value is -2.15. The van der Waals surface area contributed by atoms with Gasteiger partial charge in [-0.25, -0.2) is 0 Å². The molecule has 0 atom stereocenters. The van der Waals surface area contributed by atoms with Crippen molar-refractivity contribution >= 4 is 17.4 Å². The van der Waals surface area contributed by atoms with Crippen LogP contribution in [0.5, 0.6) is 0 Å². The van der Waals surface area contributed by atoms with Crippen molar-refractivity contribution in [3.63, 3.8) is 0 Å². The first-order valence-electron chi connectivity index (χ1n) is 4.26. The summed E-state index contributed by atoms with van der Waals surface area (Å²) in [6, 6.07) is 7.19. The van der Waals surface area contributed by atoms with Gasteiger partial charge in [-0.15, -0.1) is 5.10 Å². The number of fused-ring (bicyclic) bond motifs is 1. The van der Waals surface area contributed by atoms with Gasteiger partial charge in [-0.3, -0.25) is 4.79 Å². The Morgan fingerprint density at radius 3 is 2.44 bits per heavy atom. The predicted octanol–water partition coefficient (Wildman–Crippen LogP) is -0.452. The number of nitrogens with zero attached hydrogens (tertiary/aromatic N) is 4. The van der Waals surface area contributed by atoms with E-state index >= 15 is 0 Å². The molecule has 1 aromatic heterocycles. The maximum Gasteiger partial charge on any atom is 0.209 e. The van der Waals surface area contributed by atoms with Crippen LogP contribution in [0.3, 0.4) is 0 Å². The second-order valence-electron chi connectivity index (χ2n) is 3.04. The number of carbonyl (C=O) groups is 1. The maximum atomic E-state index is 9.43. The Balaban J connectivity index is 0.000000330. The third-order valence-electron chi connectivity index (χ3n) is 1.55. The van der Waals surface area contributed by atoms with Crippen LogP contribution in [0.25, 0.3) is 11.0 Å². The fourth-order valence-electron chi connectivity index (χ4n) is 0.857. The standard InChI is InChI=1S/C6H5N3O.C3H7NO.H2O/c10-9-6-4-2-1-3-5(6)7-8-9;1-4(2)3-5;/h1-4,10H;3H,1-2H3;1H2. The van der Waals surface area contributed by atoms with E-state index in [1.807, 2.05) is 12.1 Å². The van der Waals surface area contributed by atoms with Crippen molar-refractivity contribution in [1.29, 1.82) is 0 Å². The molecule has 0 bridgehead atoms. The quantitative estimate of drug-likeness (QED) is 0.525. The van der Waals surface area contributed by atoms with Crippen LogP contribution in [-0.4, -0.2) is 51.2 Å². The van der Waals surface area contributed by atoms with Crippen LogP contribution in [0.15, 0.2) is 24.3 Å². The molecule has 0 unspecified atom stereocenters.